The molecule has 0 spiro atoms. The van der Waals surface area contributed by atoms with E-state index in [0.717, 1.165) is 0 Å². The van der Waals surface area contributed by atoms with Gasteiger partial charge in [-0.05, 0) is 22.3 Å². The summed E-state index contributed by atoms with van der Waals surface area (Å²) in [6, 6.07) is 30.3. The zero-order valence-corrected chi connectivity index (χ0v) is 17.5. The monoisotopic (exact) mass is 454 g/mol. The third kappa shape index (κ3) is 2.10. The van der Waals surface area contributed by atoms with Gasteiger partial charge in [0.05, 0.1) is 8.65 Å². The van der Waals surface area contributed by atoms with Crippen LogP contribution in [-0.2, 0) is 8.65 Å². The normalized spacial score (nSPS) is 27.0. The molecule has 0 bridgehead atoms. The molecule has 0 nitrogen and oxygen atoms in total. The molecule has 0 aromatic heterocycles. The summed E-state index contributed by atoms with van der Waals surface area (Å²) in [6.45, 7) is 4.69. The number of hydrogen-bond acceptors (Lipinski definition) is 0. The molecule has 3 aromatic carbocycles. The molecule has 0 fully saturated rings. The minimum Gasteiger partial charge on any atom is -0.0742 e. The van der Waals surface area contributed by atoms with Gasteiger partial charge in [-0.2, -0.15) is 0 Å². The molecule has 2 heteroatoms. The summed E-state index contributed by atoms with van der Waals surface area (Å²) in [5.41, 5.74) is 5.07. The standard InChI is InChI=1S/C23H20Br2/c1-21(2)22(24,17-11-5-3-6-12-17)19-15-9-10-16-20(19)23(21,25)18-13-7-4-8-14-18/h3-16H,1-2H3. The van der Waals surface area contributed by atoms with E-state index in [4.69, 9.17) is 0 Å². The number of halogens is 2. The van der Waals surface area contributed by atoms with Crippen LogP contribution in [-0.4, -0.2) is 0 Å². The minimum absolute atomic E-state index is 0.146. The average molecular weight is 456 g/mol. The van der Waals surface area contributed by atoms with Crippen molar-refractivity contribution in [2.45, 2.75) is 22.5 Å². The highest BCUT2D eigenvalue weighted by molar-refractivity contribution is 9.10. The lowest BCUT2D eigenvalue weighted by Gasteiger charge is -2.46. The molecule has 2 atom stereocenters. The summed E-state index contributed by atoms with van der Waals surface area (Å²) >= 11 is 8.43. The number of rotatable bonds is 2. The SMILES string of the molecule is CC1(C)C(Br)(c2ccccc2)c2ccccc2C1(Br)c1ccccc1. The second-order valence-corrected chi connectivity index (χ2v) is 9.60. The highest BCUT2D eigenvalue weighted by atomic mass is 79.9. The van der Waals surface area contributed by atoms with Crippen LogP contribution >= 0.6 is 31.9 Å². The lowest BCUT2D eigenvalue weighted by molar-refractivity contribution is 0.268. The highest BCUT2D eigenvalue weighted by Gasteiger charge is 2.64. The first-order valence-corrected chi connectivity index (χ1v) is 10.1. The van der Waals surface area contributed by atoms with Crippen LogP contribution in [0.5, 0.6) is 0 Å². The van der Waals surface area contributed by atoms with Gasteiger partial charge in [0.25, 0.3) is 0 Å². The van der Waals surface area contributed by atoms with Crippen molar-refractivity contribution in [3.05, 3.63) is 107 Å². The lowest BCUT2D eigenvalue weighted by Crippen LogP contribution is -2.43. The molecular weight excluding hydrogens is 436 g/mol. The molecule has 0 saturated carbocycles. The van der Waals surface area contributed by atoms with E-state index in [1.54, 1.807) is 0 Å². The van der Waals surface area contributed by atoms with Crippen LogP contribution in [0.2, 0.25) is 0 Å². The van der Waals surface area contributed by atoms with Crippen molar-refractivity contribution in [2.24, 2.45) is 5.41 Å². The van der Waals surface area contributed by atoms with Crippen molar-refractivity contribution >= 4 is 31.9 Å². The van der Waals surface area contributed by atoms with Crippen molar-refractivity contribution in [3.63, 3.8) is 0 Å². The summed E-state index contributed by atoms with van der Waals surface area (Å²) < 4.78 is -0.561. The fourth-order valence-corrected chi connectivity index (χ4v) is 6.44. The molecular formula is C23H20Br2. The number of fused-ring (bicyclic) bond motifs is 1. The van der Waals surface area contributed by atoms with E-state index in [1.165, 1.54) is 22.3 Å². The van der Waals surface area contributed by atoms with Crippen LogP contribution in [0.3, 0.4) is 0 Å². The predicted octanol–water partition coefficient (Wildman–Crippen LogP) is 7.00. The number of hydrogen-bond donors (Lipinski definition) is 0. The quantitative estimate of drug-likeness (QED) is 0.364. The molecule has 0 N–H and O–H groups in total. The van der Waals surface area contributed by atoms with Gasteiger partial charge in [-0.1, -0.05) is 131 Å². The second-order valence-electron chi connectivity index (χ2n) is 7.22. The molecule has 0 aliphatic heterocycles. The fraction of sp³-hybridized carbons (Fsp3) is 0.217. The van der Waals surface area contributed by atoms with E-state index in [2.05, 4.69) is 131 Å². The van der Waals surface area contributed by atoms with E-state index in [0.29, 0.717) is 0 Å². The molecule has 25 heavy (non-hydrogen) atoms. The van der Waals surface area contributed by atoms with Gasteiger partial charge in [0.2, 0.25) is 0 Å². The summed E-state index contributed by atoms with van der Waals surface area (Å²) in [5, 5.41) is 0. The summed E-state index contributed by atoms with van der Waals surface area (Å²) in [7, 11) is 0. The number of alkyl halides is 2. The Hall–Kier alpha value is -1.38. The zero-order valence-electron chi connectivity index (χ0n) is 14.3. The zero-order chi connectivity index (χ0) is 17.7. The molecule has 126 valence electrons. The Kier molecular flexibility index (Phi) is 3.97. The smallest absolute Gasteiger partial charge is 0.0742 e. The van der Waals surface area contributed by atoms with E-state index >= 15 is 0 Å². The third-order valence-electron chi connectivity index (χ3n) is 5.73. The summed E-state index contributed by atoms with van der Waals surface area (Å²) in [4.78, 5) is 0. The summed E-state index contributed by atoms with van der Waals surface area (Å²) in [5.74, 6) is 0. The Morgan fingerprint density at radius 1 is 0.520 bits per heavy atom. The van der Waals surface area contributed by atoms with E-state index in [9.17, 15) is 0 Å². The molecule has 0 amide bonds. The molecule has 0 radical (unpaired) electrons. The molecule has 2 unspecified atom stereocenters. The Balaban J connectivity index is 2.08. The first-order chi connectivity index (χ1) is 11.9. The maximum absolute atomic E-state index is 4.22. The van der Waals surface area contributed by atoms with Gasteiger partial charge in [-0.3, -0.25) is 0 Å². The molecule has 0 heterocycles. The molecule has 3 aromatic rings. The maximum atomic E-state index is 4.22. The van der Waals surface area contributed by atoms with Gasteiger partial charge in [0, 0.05) is 5.41 Å². The first-order valence-electron chi connectivity index (χ1n) is 8.53. The highest BCUT2D eigenvalue weighted by Crippen LogP contribution is 2.71. The van der Waals surface area contributed by atoms with Gasteiger partial charge >= 0.3 is 0 Å². The van der Waals surface area contributed by atoms with Crippen LogP contribution in [0, 0.1) is 5.41 Å². The van der Waals surface area contributed by atoms with Crippen LogP contribution in [0.1, 0.15) is 36.1 Å². The average Bonchev–Trinajstić information content (AvgIpc) is 2.81. The molecule has 1 aliphatic carbocycles. The molecule has 4 rings (SSSR count). The third-order valence-corrected chi connectivity index (χ3v) is 9.49. The van der Waals surface area contributed by atoms with Crippen molar-refractivity contribution < 1.29 is 0 Å². The van der Waals surface area contributed by atoms with Gasteiger partial charge in [-0.25, -0.2) is 0 Å². The molecule has 0 saturated heterocycles. The van der Waals surface area contributed by atoms with Gasteiger partial charge in [0.15, 0.2) is 0 Å². The Bertz CT molecular complexity index is 827. The van der Waals surface area contributed by atoms with Crippen LogP contribution in [0.15, 0.2) is 84.9 Å². The van der Waals surface area contributed by atoms with Gasteiger partial charge in [0.1, 0.15) is 0 Å². The van der Waals surface area contributed by atoms with Gasteiger partial charge < -0.3 is 0 Å². The van der Waals surface area contributed by atoms with Crippen molar-refractivity contribution in [2.75, 3.05) is 0 Å². The first kappa shape index (κ1) is 17.1. The predicted molar refractivity (Wildman–Crippen MR) is 113 cm³/mol. The topological polar surface area (TPSA) is 0 Å². The van der Waals surface area contributed by atoms with Crippen molar-refractivity contribution in [3.8, 4) is 0 Å². The number of benzene rings is 3. The minimum atomic E-state index is -0.281. The van der Waals surface area contributed by atoms with E-state index in [-0.39, 0.29) is 14.1 Å². The van der Waals surface area contributed by atoms with Crippen LogP contribution in [0.4, 0.5) is 0 Å². The second kappa shape index (κ2) is 5.82. The lowest BCUT2D eigenvalue weighted by atomic mass is 9.68. The Labute approximate surface area is 166 Å². The fourth-order valence-electron chi connectivity index (χ4n) is 4.36. The summed E-state index contributed by atoms with van der Waals surface area (Å²) in [6.07, 6.45) is 0. The van der Waals surface area contributed by atoms with E-state index in [1.807, 2.05) is 0 Å². The maximum Gasteiger partial charge on any atom is 0.0828 e. The van der Waals surface area contributed by atoms with Gasteiger partial charge in [-0.15, -0.1) is 0 Å². The van der Waals surface area contributed by atoms with E-state index < -0.39 is 0 Å². The largest absolute Gasteiger partial charge is 0.0828 e. The van der Waals surface area contributed by atoms with Crippen molar-refractivity contribution in [1.29, 1.82) is 0 Å². The van der Waals surface area contributed by atoms with Crippen LogP contribution in [0.25, 0.3) is 0 Å². The van der Waals surface area contributed by atoms with Crippen LogP contribution < -0.4 is 0 Å². The van der Waals surface area contributed by atoms with Crippen molar-refractivity contribution in [1.82, 2.24) is 0 Å². The Morgan fingerprint density at radius 3 is 1.20 bits per heavy atom. The Morgan fingerprint density at radius 2 is 0.840 bits per heavy atom. The molecule has 1 aliphatic rings.